The van der Waals surface area contributed by atoms with Crippen LogP contribution in [0, 0.1) is 6.92 Å². The van der Waals surface area contributed by atoms with Crippen LogP contribution >= 0.6 is 11.8 Å². The maximum atomic E-state index is 12.3. The van der Waals surface area contributed by atoms with Gasteiger partial charge in [-0.2, -0.15) is 11.8 Å². The van der Waals surface area contributed by atoms with E-state index in [4.69, 9.17) is 0 Å². The molecule has 1 N–H and O–H groups in total. The number of carbonyl (C=O) groups is 1. The van der Waals surface area contributed by atoms with E-state index in [1.54, 1.807) is 24.0 Å². The van der Waals surface area contributed by atoms with Gasteiger partial charge in [0.15, 0.2) is 9.84 Å². The Balaban J connectivity index is 2.12. The first-order chi connectivity index (χ1) is 10.3. The Morgan fingerprint density at radius 2 is 2.09 bits per heavy atom. The van der Waals surface area contributed by atoms with Gasteiger partial charge in [-0.3, -0.25) is 0 Å². The van der Waals surface area contributed by atoms with E-state index in [-0.39, 0.29) is 10.9 Å². The zero-order valence-electron chi connectivity index (χ0n) is 13.1. The lowest BCUT2D eigenvalue weighted by Gasteiger charge is -2.21. The molecule has 122 valence electrons. The second kappa shape index (κ2) is 6.91. The van der Waals surface area contributed by atoms with E-state index in [9.17, 15) is 13.2 Å². The van der Waals surface area contributed by atoms with Crippen molar-refractivity contribution in [2.24, 2.45) is 0 Å². The molecule has 1 aliphatic heterocycles. The topological polar surface area (TPSA) is 66.5 Å². The van der Waals surface area contributed by atoms with Gasteiger partial charge in [-0.25, -0.2) is 13.2 Å². The molecule has 1 fully saturated rings. The van der Waals surface area contributed by atoms with Crippen LogP contribution in [-0.2, 0) is 9.84 Å². The lowest BCUT2D eigenvalue weighted by molar-refractivity contribution is 0.215. The highest BCUT2D eigenvalue weighted by molar-refractivity contribution is 7.99. The monoisotopic (exact) mass is 342 g/mol. The van der Waals surface area contributed by atoms with Crippen molar-refractivity contribution in [1.29, 1.82) is 0 Å². The van der Waals surface area contributed by atoms with Crippen molar-refractivity contribution < 1.29 is 13.2 Å². The van der Waals surface area contributed by atoms with Crippen LogP contribution in [0.25, 0.3) is 0 Å². The summed E-state index contributed by atoms with van der Waals surface area (Å²) in [6, 6.07) is 4.80. The molecule has 2 amide bonds. The van der Waals surface area contributed by atoms with E-state index in [0.717, 1.165) is 18.7 Å². The molecule has 0 radical (unpaired) electrons. The van der Waals surface area contributed by atoms with Crippen LogP contribution in [-0.4, -0.2) is 49.7 Å². The summed E-state index contributed by atoms with van der Waals surface area (Å²) in [7, 11) is -3.30. The molecular weight excluding hydrogens is 320 g/mol. The van der Waals surface area contributed by atoms with Gasteiger partial charge in [0.1, 0.15) is 0 Å². The van der Waals surface area contributed by atoms with Crippen LogP contribution in [0.3, 0.4) is 0 Å². The minimum atomic E-state index is -3.30. The Bertz CT molecular complexity index is 659. The lowest BCUT2D eigenvalue weighted by Crippen LogP contribution is -2.36. The molecule has 0 unspecified atom stereocenters. The van der Waals surface area contributed by atoms with Crippen LogP contribution in [0.15, 0.2) is 23.1 Å². The first-order valence-corrected chi connectivity index (χ1v) is 10.2. The highest BCUT2D eigenvalue weighted by Crippen LogP contribution is 2.22. The molecule has 1 saturated heterocycles. The molecule has 1 aromatic carbocycles. The number of thioether (sulfide) groups is 1. The number of benzene rings is 1. The minimum absolute atomic E-state index is 0.169. The second-order valence-corrected chi connectivity index (χ2v) is 9.17. The summed E-state index contributed by atoms with van der Waals surface area (Å²) >= 11 is 1.87. The standard InChI is InChI=1S/C15H22N2O3S2/c1-11-4-5-13(10-14(11)22(3,19)20)16-15(18)17-7-6-12(2)21-9-8-17/h4-5,10,12H,6-9H2,1-3H3,(H,16,18)/t12-/m1/s1. The maximum absolute atomic E-state index is 12.3. The van der Waals surface area contributed by atoms with Gasteiger partial charge in [-0.05, 0) is 31.0 Å². The van der Waals surface area contributed by atoms with Crippen molar-refractivity contribution in [1.82, 2.24) is 4.90 Å². The van der Waals surface area contributed by atoms with Crippen molar-refractivity contribution in [2.75, 3.05) is 30.4 Å². The molecule has 22 heavy (non-hydrogen) atoms. The highest BCUT2D eigenvalue weighted by atomic mass is 32.2. The fourth-order valence-corrected chi connectivity index (χ4v) is 4.37. The predicted molar refractivity (Wildman–Crippen MR) is 91.4 cm³/mol. The normalized spacial score (nSPS) is 19.6. The Morgan fingerprint density at radius 1 is 1.36 bits per heavy atom. The second-order valence-electron chi connectivity index (χ2n) is 5.64. The number of amides is 2. The number of nitrogens with zero attached hydrogens (tertiary/aromatic N) is 1. The van der Waals surface area contributed by atoms with Gasteiger partial charge >= 0.3 is 6.03 Å². The largest absolute Gasteiger partial charge is 0.324 e. The van der Waals surface area contributed by atoms with Crippen LogP contribution in [0.1, 0.15) is 18.9 Å². The van der Waals surface area contributed by atoms with Gasteiger partial charge in [-0.1, -0.05) is 13.0 Å². The van der Waals surface area contributed by atoms with Gasteiger partial charge in [0.2, 0.25) is 0 Å². The number of urea groups is 1. The summed E-state index contributed by atoms with van der Waals surface area (Å²) in [4.78, 5) is 14.4. The Kier molecular flexibility index (Phi) is 5.39. The van der Waals surface area contributed by atoms with Crippen LogP contribution in [0.2, 0.25) is 0 Å². The van der Waals surface area contributed by atoms with Crippen LogP contribution in [0.4, 0.5) is 10.5 Å². The first kappa shape index (κ1) is 17.1. The Morgan fingerprint density at radius 3 is 2.77 bits per heavy atom. The summed E-state index contributed by atoms with van der Waals surface area (Å²) in [5.41, 5.74) is 1.20. The van der Waals surface area contributed by atoms with Crippen molar-refractivity contribution in [3.05, 3.63) is 23.8 Å². The van der Waals surface area contributed by atoms with Gasteiger partial charge in [-0.15, -0.1) is 0 Å². The summed E-state index contributed by atoms with van der Waals surface area (Å²) in [6.45, 7) is 5.36. The summed E-state index contributed by atoms with van der Waals surface area (Å²) in [6.07, 6.45) is 2.15. The minimum Gasteiger partial charge on any atom is -0.324 e. The van der Waals surface area contributed by atoms with Crippen LogP contribution < -0.4 is 5.32 Å². The SMILES string of the molecule is Cc1ccc(NC(=O)N2CCS[C@H](C)CC2)cc1S(C)(=O)=O. The molecule has 1 aliphatic rings. The molecule has 0 saturated carbocycles. The summed E-state index contributed by atoms with van der Waals surface area (Å²) in [5.74, 6) is 0.928. The van der Waals surface area contributed by atoms with E-state index < -0.39 is 9.84 Å². The number of aryl methyl sites for hydroxylation is 1. The molecule has 2 rings (SSSR count). The third kappa shape index (κ3) is 4.39. The molecule has 1 heterocycles. The Labute approximate surface area is 136 Å². The van der Waals surface area contributed by atoms with Gasteiger partial charge in [0.25, 0.3) is 0 Å². The van der Waals surface area contributed by atoms with Crippen molar-refractivity contribution in [2.45, 2.75) is 30.4 Å². The van der Waals surface area contributed by atoms with Crippen LogP contribution in [0.5, 0.6) is 0 Å². The third-order valence-corrected chi connectivity index (χ3v) is 6.16. The average Bonchev–Trinajstić information content (AvgIpc) is 2.64. The summed E-state index contributed by atoms with van der Waals surface area (Å²) < 4.78 is 23.5. The van der Waals surface area contributed by atoms with E-state index in [1.165, 1.54) is 12.3 Å². The maximum Gasteiger partial charge on any atom is 0.321 e. The van der Waals surface area contributed by atoms with Crippen molar-refractivity contribution >= 4 is 33.3 Å². The zero-order valence-corrected chi connectivity index (χ0v) is 14.8. The molecule has 1 aromatic rings. The van der Waals surface area contributed by atoms with Crippen molar-refractivity contribution in [3.8, 4) is 0 Å². The van der Waals surface area contributed by atoms with Gasteiger partial charge in [0, 0.05) is 36.0 Å². The molecule has 0 aromatic heterocycles. The predicted octanol–water partition coefficient (Wildman–Crippen LogP) is 2.76. The fraction of sp³-hybridized carbons (Fsp3) is 0.533. The van der Waals surface area contributed by atoms with E-state index in [0.29, 0.717) is 23.0 Å². The molecule has 0 spiro atoms. The number of sulfone groups is 1. The van der Waals surface area contributed by atoms with Gasteiger partial charge in [0.05, 0.1) is 4.90 Å². The third-order valence-electron chi connectivity index (χ3n) is 3.70. The molecule has 5 nitrogen and oxygen atoms in total. The number of carbonyl (C=O) groups excluding carboxylic acids is 1. The highest BCUT2D eigenvalue weighted by Gasteiger charge is 2.19. The fourth-order valence-electron chi connectivity index (χ4n) is 2.38. The number of anilines is 1. The molecule has 1 atom stereocenters. The van der Waals surface area contributed by atoms with Crippen molar-refractivity contribution in [3.63, 3.8) is 0 Å². The number of hydrogen-bond donors (Lipinski definition) is 1. The molecule has 0 bridgehead atoms. The lowest BCUT2D eigenvalue weighted by atomic mass is 10.2. The number of hydrogen-bond acceptors (Lipinski definition) is 4. The van der Waals surface area contributed by atoms with E-state index in [2.05, 4.69) is 12.2 Å². The number of nitrogens with one attached hydrogen (secondary N) is 1. The van der Waals surface area contributed by atoms with E-state index >= 15 is 0 Å². The Hall–Kier alpha value is -1.21. The summed E-state index contributed by atoms with van der Waals surface area (Å²) in [5, 5.41) is 3.37. The molecule has 0 aliphatic carbocycles. The smallest absolute Gasteiger partial charge is 0.321 e. The first-order valence-electron chi connectivity index (χ1n) is 7.25. The molecular formula is C15H22N2O3S2. The van der Waals surface area contributed by atoms with E-state index in [1.807, 2.05) is 11.8 Å². The molecule has 7 heteroatoms. The quantitative estimate of drug-likeness (QED) is 0.897. The number of rotatable bonds is 2. The zero-order chi connectivity index (χ0) is 16.3. The average molecular weight is 342 g/mol. The van der Waals surface area contributed by atoms with Gasteiger partial charge < -0.3 is 10.2 Å².